The van der Waals surface area contributed by atoms with E-state index < -0.39 is 0 Å². The molecule has 4 heteroatoms. The van der Waals surface area contributed by atoms with Crippen LogP contribution in [0.5, 0.6) is 0 Å². The molecule has 0 aromatic carbocycles. The van der Waals surface area contributed by atoms with Crippen molar-refractivity contribution in [2.75, 3.05) is 12.5 Å². The molecule has 1 aromatic heterocycles. The quantitative estimate of drug-likeness (QED) is 0.823. The lowest BCUT2D eigenvalue weighted by molar-refractivity contribution is 0.484. The van der Waals surface area contributed by atoms with Gasteiger partial charge in [-0.3, -0.25) is 4.79 Å². The second-order valence-electron chi connectivity index (χ2n) is 4.97. The summed E-state index contributed by atoms with van der Waals surface area (Å²) in [6.07, 6.45) is 6.73. The molecule has 0 bridgehead atoms. The Balaban J connectivity index is 2.55. The molecule has 1 aliphatic carbocycles. The second-order valence-corrected chi connectivity index (χ2v) is 7.24. The van der Waals surface area contributed by atoms with Crippen molar-refractivity contribution >= 4 is 10.9 Å². The lowest BCUT2D eigenvalue weighted by Crippen LogP contribution is -2.27. The molecule has 90 valence electrons. The molecule has 2 rings (SSSR count). The molecule has 1 aromatic rings. The fourth-order valence-corrected chi connectivity index (χ4v) is 2.64. The normalized spacial score (nSPS) is 16.7. The Bertz CT molecular complexity index is 415. The van der Waals surface area contributed by atoms with Gasteiger partial charge in [0.25, 0.3) is 5.56 Å². The Morgan fingerprint density at radius 3 is 2.50 bits per heavy atom. The number of hydrogen-bond donors (Lipinski definition) is 1. The van der Waals surface area contributed by atoms with E-state index in [0.717, 1.165) is 10.6 Å². The summed E-state index contributed by atoms with van der Waals surface area (Å²) in [7, 11) is -0.344. The van der Waals surface area contributed by atoms with Crippen LogP contribution in [0.25, 0.3) is 0 Å². The molecule has 1 heterocycles. The summed E-state index contributed by atoms with van der Waals surface area (Å²) >= 11 is 0. The van der Waals surface area contributed by atoms with E-state index in [2.05, 4.69) is 17.6 Å². The molecule has 0 N–H and O–H groups in total. The maximum absolute atomic E-state index is 12.2. The molecular formula is C12H20N2OS. The molecule has 1 saturated carbocycles. The molecule has 1 fully saturated rings. The lowest BCUT2D eigenvalue weighted by atomic mass is 10.3. The van der Waals surface area contributed by atoms with Gasteiger partial charge >= 0.3 is 0 Å². The van der Waals surface area contributed by atoms with Gasteiger partial charge in [-0.25, -0.2) is 15.6 Å². The van der Waals surface area contributed by atoms with Gasteiger partial charge in [0.1, 0.15) is 0 Å². The van der Waals surface area contributed by atoms with Crippen molar-refractivity contribution in [3.8, 4) is 0 Å². The van der Waals surface area contributed by atoms with E-state index in [0.29, 0.717) is 5.92 Å². The number of rotatable bonds is 3. The van der Waals surface area contributed by atoms with Gasteiger partial charge < -0.3 is 0 Å². The SMILES string of the molecule is CC(C)n1nc(C2CC2)cc([SH](C)C)c1=O. The number of thiol groups is 1. The Morgan fingerprint density at radius 2 is 2.06 bits per heavy atom. The highest BCUT2D eigenvalue weighted by atomic mass is 32.2. The fraction of sp³-hybridized carbons (Fsp3) is 0.667. The van der Waals surface area contributed by atoms with Crippen LogP contribution >= 0.6 is 10.9 Å². The first-order valence-corrected chi connectivity index (χ1v) is 8.05. The molecule has 0 amide bonds. The predicted octanol–water partition coefficient (Wildman–Crippen LogP) is 2.32. The van der Waals surface area contributed by atoms with E-state index in [9.17, 15) is 4.79 Å². The lowest BCUT2D eigenvalue weighted by Gasteiger charge is -2.16. The molecule has 0 spiro atoms. The molecule has 0 unspecified atom stereocenters. The second kappa shape index (κ2) is 4.24. The first kappa shape index (κ1) is 11.7. The molecule has 0 aliphatic heterocycles. The Hall–Kier alpha value is -0.770. The van der Waals surface area contributed by atoms with Crippen LogP contribution in [0.1, 0.15) is 44.3 Å². The first-order valence-electron chi connectivity index (χ1n) is 5.81. The monoisotopic (exact) mass is 240 g/mol. The van der Waals surface area contributed by atoms with Crippen LogP contribution in [0, 0.1) is 0 Å². The molecule has 0 radical (unpaired) electrons. The zero-order valence-corrected chi connectivity index (χ0v) is 11.3. The van der Waals surface area contributed by atoms with Crippen LogP contribution in [0.15, 0.2) is 15.8 Å². The minimum atomic E-state index is -0.344. The van der Waals surface area contributed by atoms with Gasteiger partial charge in [-0.1, -0.05) is 0 Å². The zero-order valence-electron chi connectivity index (χ0n) is 10.4. The van der Waals surface area contributed by atoms with Gasteiger partial charge in [-0.2, -0.15) is 5.10 Å². The number of aromatic nitrogens is 2. The fourth-order valence-electron chi connectivity index (χ4n) is 1.77. The molecule has 3 nitrogen and oxygen atoms in total. The molecule has 1 aliphatic rings. The van der Waals surface area contributed by atoms with E-state index >= 15 is 0 Å². The van der Waals surface area contributed by atoms with E-state index in [1.54, 1.807) is 4.68 Å². The van der Waals surface area contributed by atoms with E-state index in [-0.39, 0.29) is 22.5 Å². The van der Waals surface area contributed by atoms with Crippen LogP contribution in [0.4, 0.5) is 0 Å². The summed E-state index contributed by atoms with van der Waals surface area (Å²) in [5, 5.41) is 4.49. The summed E-state index contributed by atoms with van der Waals surface area (Å²) < 4.78 is 1.66. The highest BCUT2D eigenvalue weighted by molar-refractivity contribution is 8.15. The van der Waals surface area contributed by atoms with Crippen LogP contribution in [0.2, 0.25) is 0 Å². The Kier molecular flexibility index (Phi) is 3.10. The van der Waals surface area contributed by atoms with Crippen molar-refractivity contribution in [2.45, 2.75) is 43.5 Å². The third-order valence-electron chi connectivity index (χ3n) is 2.90. The first-order chi connectivity index (χ1) is 7.50. The standard InChI is InChI=1S/C12H20N2OS/c1-8(2)14-12(15)11(16(3)4)7-10(13-14)9-5-6-9/h7-9,16H,5-6H2,1-4H3. The van der Waals surface area contributed by atoms with Crippen molar-refractivity contribution < 1.29 is 0 Å². The van der Waals surface area contributed by atoms with E-state index in [1.807, 2.05) is 19.9 Å². The number of nitrogens with zero attached hydrogens (tertiary/aromatic N) is 2. The Labute approximate surface area is 99.2 Å². The third-order valence-corrected chi connectivity index (χ3v) is 4.19. The van der Waals surface area contributed by atoms with Crippen molar-refractivity contribution in [2.24, 2.45) is 0 Å². The van der Waals surface area contributed by atoms with Gasteiger partial charge in [-0.15, -0.1) is 0 Å². The topological polar surface area (TPSA) is 34.9 Å². The number of hydrogen-bond acceptors (Lipinski definition) is 2. The van der Waals surface area contributed by atoms with Crippen molar-refractivity contribution in [3.05, 3.63) is 22.1 Å². The summed E-state index contributed by atoms with van der Waals surface area (Å²) in [4.78, 5) is 13.1. The van der Waals surface area contributed by atoms with Crippen molar-refractivity contribution in [1.82, 2.24) is 9.78 Å². The summed E-state index contributed by atoms with van der Waals surface area (Å²) in [6.45, 7) is 4.03. The van der Waals surface area contributed by atoms with Gasteiger partial charge in [0.2, 0.25) is 0 Å². The average molecular weight is 240 g/mol. The van der Waals surface area contributed by atoms with Crippen molar-refractivity contribution in [3.63, 3.8) is 0 Å². The van der Waals surface area contributed by atoms with Crippen LogP contribution < -0.4 is 5.56 Å². The maximum Gasteiger partial charge on any atom is 0.278 e. The van der Waals surface area contributed by atoms with Gasteiger partial charge in [0.15, 0.2) is 0 Å². The van der Waals surface area contributed by atoms with Crippen molar-refractivity contribution in [1.29, 1.82) is 0 Å². The smallest absolute Gasteiger partial charge is 0.267 e. The summed E-state index contributed by atoms with van der Waals surface area (Å²) in [6, 6.07) is 2.20. The highest BCUT2D eigenvalue weighted by Crippen LogP contribution is 2.40. The van der Waals surface area contributed by atoms with Gasteiger partial charge in [0.05, 0.1) is 16.6 Å². The van der Waals surface area contributed by atoms with E-state index in [4.69, 9.17) is 0 Å². The molecule has 16 heavy (non-hydrogen) atoms. The molecule has 0 saturated heterocycles. The zero-order chi connectivity index (χ0) is 11.9. The molecule has 0 atom stereocenters. The maximum atomic E-state index is 12.2. The van der Waals surface area contributed by atoms with Gasteiger partial charge in [-0.05, 0) is 45.3 Å². The largest absolute Gasteiger partial charge is 0.278 e. The third kappa shape index (κ3) is 2.17. The minimum Gasteiger partial charge on any atom is -0.267 e. The average Bonchev–Trinajstić information content (AvgIpc) is 3.00. The summed E-state index contributed by atoms with van der Waals surface area (Å²) in [5.41, 5.74) is 1.23. The molecular weight excluding hydrogens is 220 g/mol. The Morgan fingerprint density at radius 1 is 1.44 bits per heavy atom. The highest BCUT2D eigenvalue weighted by Gasteiger charge is 2.27. The predicted molar refractivity (Wildman–Crippen MR) is 70.0 cm³/mol. The summed E-state index contributed by atoms with van der Waals surface area (Å²) in [5.74, 6) is 0.610. The minimum absolute atomic E-state index is 0.107. The van der Waals surface area contributed by atoms with E-state index in [1.165, 1.54) is 12.8 Å². The van der Waals surface area contributed by atoms with Crippen LogP contribution in [-0.2, 0) is 0 Å². The van der Waals surface area contributed by atoms with Crippen LogP contribution in [-0.4, -0.2) is 22.3 Å². The van der Waals surface area contributed by atoms with Gasteiger partial charge in [0, 0.05) is 5.92 Å². The van der Waals surface area contributed by atoms with Crippen LogP contribution in [0.3, 0.4) is 0 Å².